The van der Waals surface area contributed by atoms with Gasteiger partial charge in [-0.2, -0.15) is 0 Å². The average Bonchev–Trinajstić information content (AvgIpc) is 2.92. The number of fused-ring (bicyclic) bond motifs is 3. The Bertz CT molecular complexity index is 843. The van der Waals surface area contributed by atoms with Crippen LogP contribution in [0.5, 0.6) is 0 Å². The lowest BCUT2D eigenvalue weighted by molar-refractivity contribution is -0.0954. The second-order valence-electron chi connectivity index (χ2n) is 5.80. The summed E-state index contributed by atoms with van der Waals surface area (Å²) in [6.07, 6.45) is 0. The van der Waals surface area contributed by atoms with E-state index in [0.717, 1.165) is 5.56 Å². The van der Waals surface area contributed by atoms with Gasteiger partial charge in [0.1, 0.15) is 12.4 Å². The minimum atomic E-state index is -0.638. The van der Waals surface area contributed by atoms with Crippen LogP contribution in [0.1, 0.15) is 16.7 Å². The second-order valence-corrected chi connectivity index (χ2v) is 6.97. The molecule has 0 saturated carbocycles. The van der Waals surface area contributed by atoms with Crippen LogP contribution in [0.4, 0.5) is 0 Å². The molecule has 0 spiro atoms. The fourth-order valence-electron chi connectivity index (χ4n) is 3.61. The molecule has 0 aromatic heterocycles. The van der Waals surface area contributed by atoms with E-state index in [1.54, 1.807) is 7.11 Å². The molecule has 0 radical (unpaired) electrons. The third-order valence-electron chi connectivity index (χ3n) is 4.55. The van der Waals surface area contributed by atoms with Crippen LogP contribution in [0, 0.1) is 3.57 Å². The van der Waals surface area contributed by atoms with E-state index in [-0.39, 0.29) is 6.79 Å². The minimum absolute atomic E-state index is 0.230. The highest BCUT2D eigenvalue weighted by Crippen LogP contribution is 2.53. The van der Waals surface area contributed by atoms with Gasteiger partial charge < -0.3 is 9.47 Å². The van der Waals surface area contributed by atoms with Crippen LogP contribution in [0.2, 0.25) is 0 Å². The standard InChI is InChI=1S/C21H17IO2/c1-23-14-24-21(19-12-6-7-13-20(19)22)17-10-4-2-8-15(17)16-9-3-5-11-18(16)21/h2-13H,14H2,1H3. The first kappa shape index (κ1) is 15.8. The monoisotopic (exact) mass is 428 g/mol. The molecule has 120 valence electrons. The van der Waals surface area contributed by atoms with Crippen molar-refractivity contribution in [2.24, 2.45) is 0 Å². The van der Waals surface area contributed by atoms with E-state index in [2.05, 4.69) is 95.4 Å². The van der Waals surface area contributed by atoms with Crippen molar-refractivity contribution < 1.29 is 9.47 Å². The van der Waals surface area contributed by atoms with Crippen molar-refractivity contribution in [3.63, 3.8) is 0 Å². The number of halogens is 1. The van der Waals surface area contributed by atoms with E-state index >= 15 is 0 Å². The zero-order chi connectivity index (χ0) is 16.6. The summed E-state index contributed by atoms with van der Waals surface area (Å²) in [4.78, 5) is 0. The van der Waals surface area contributed by atoms with Gasteiger partial charge in [-0.3, -0.25) is 0 Å². The zero-order valence-corrected chi connectivity index (χ0v) is 15.5. The first-order valence-corrected chi connectivity index (χ1v) is 8.94. The molecule has 24 heavy (non-hydrogen) atoms. The van der Waals surface area contributed by atoms with Crippen LogP contribution in [0.3, 0.4) is 0 Å². The topological polar surface area (TPSA) is 18.5 Å². The van der Waals surface area contributed by atoms with E-state index in [9.17, 15) is 0 Å². The quantitative estimate of drug-likeness (QED) is 0.421. The molecule has 0 fully saturated rings. The number of benzene rings is 3. The first-order valence-electron chi connectivity index (χ1n) is 7.86. The van der Waals surface area contributed by atoms with Crippen molar-refractivity contribution in [3.05, 3.63) is 93.1 Å². The van der Waals surface area contributed by atoms with Crippen molar-refractivity contribution in [1.82, 2.24) is 0 Å². The van der Waals surface area contributed by atoms with Crippen molar-refractivity contribution in [1.29, 1.82) is 0 Å². The van der Waals surface area contributed by atoms with Gasteiger partial charge in [-0.25, -0.2) is 0 Å². The van der Waals surface area contributed by atoms with Gasteiger partial charge in [0.25, 0.3) is 0 Å². The lowest BCUT2D eigenvalue weighted by Crippen LogP contribution is -2.32. The van der Waals surface area contributed by atoms with Crippen LogP contribution >= 0.6 is 22.6 Å². The Hall–Kier alpha value is -1.69. The minimum Gasteiger partial charge on any atom is -0.359 e. The summed E-state index contributed by atoms with van der Waals surface area (Å²) in [6.45, 7) is 0.230. The Morgan fingerprint density at radius 2 is 1.25 bits per heavy atom. The number of rotatable bonds is 4. The molecule has 2 nitrogen and oxygen atoms in total. The maximum atomic E-state index is 6.43. The number of ether oxygens (including phenoxy) is 2. The van der Waals surface area contributed by atoms with E-state index in [0.29, 0.717) is 0 Å². The molecule has 0 unspecified atom stereocenters. The van der Waals surface area contributed by atoms with E-state index in [4.69, 9.17) is 9.47 Å². The summed E-state index contributed by atoms with van der Waals surface area (Å²) in [5, 5.41) is 0. The van der Waals surface area contributed by atoms with Crippen LogP contribution in [0.25, 0.3) is 11.1 Å². The normalized spacial score (nSPS) is 14.2. The van der Waals surface area contributed by atoms with Gasteiger partial charge in [-0.05, 0) is 39.8 Å². The Labute approximate surface area is 155 Å². The van der Waals surface area contributed by atoms with Crippen molar-refractivity contribution in [2.45, 2.75) is 5.60 Å². The SMILES string of the molecule is COCOC1(c2ccccc2I)c2ccccc2-c2ccccc21. The van der Waals surface area contributed by atoms with Gasteiger partial charge in [0.15, 0.2) is 0 Å². The van der Waals surface area contributed by atoms with Gasteiger partial charge in [0, 0.05) is 27.4 Å². The maximum Gasteiger partial charge on any atom is 0.148 e. The highest BCUT2D eigenvalue weighted by atomic mass is 127. The van der Waals surface area contributed by atoms with Gasteiger partial charge in [-0.15, -0.1) is 0 Å². The van der Waals surface area contributed by atoms with Gasteiger partial charge in [0.2, 0.25) is 0 Å². The fourth-order valence-corrected chi connectivity index (χ4v) is 4.38. The van der Waals surface area contributed by atoms with Crippen molar-refractivity contribution in [3.8, 4) is 11.1 Å². The van der Waals surface area contributed by atoms with Crippen molar-refractivity contribution in [2.75, 3.05) is 13.9 Å². The molecular formula is C21H17IO2. The van der Waals surface area contributed by atoms with Gasteiger partial charge in [0.05, 0.1) is 0 Å². The number of methoxy groups -OCH3 is 1. The Morgan fingerprint density at radius 1 is 0.750 bits per heavy atom. The molecule has 0 N–H and O–H groups in total. The largest absolute Gasteiger partial charge is 0.359 e. The van der Waals surface area contributed by atoms with E-state index < -0.39 is 5.60 Å². The molecule has 0 saturated heterocycles. The summed E-state index contributed by atoms with van der Waals surface area (Å²) in [7, 11) is 1.66. The molecule has 0 bridgehead atoms. The Balaban J connectivity index is 2.08. The lowest BCUT2D eigenvalue weighted by Gasteiger charge is -2.33. The van der Waals surface area contributed by atoms with Crippen LogP contribution < -0.4 is 0 Å². The summed E-state index contributed by atoms with van der Waals surface area (Å²) >= 11 is 2.39. The summed E-state index contributed by atoms with van der Waals surface area (Å²) in [5.74, 6) is 0. The average molecular weight is 428 g/mol. The predicted molar refractivity (Wildman–Crippen MR) is 104 cm³/mol. The highest BCUT2D eigenvalue weighted by Gasteiger charge is 2.46. The summed E-state index contributed by atoms with van der Waals surface area (Å²) in [5.41, 5.74) is 5.31. The third-order valence-corrected chi connectivity index (χ3v) is 5.49. The summed E-state index contributed by atoms with van der Waals surface area (Å²) in [6, 6.07) is 25.4. The van der Waals surface area contributed by atoms with Gasteiger partial charge >= 0.3 is 0 Å². The molecule has 3 aromatic carbocycles. The smallest absolute Gasteiger partial charge is 0.148 e. The Kier molecular flexibility index (Phi) is 4.16. The molecule has 4 rings (SSSR count). The maximum absolute atomic E-state index is 6.43. The van der Waals surface area contributed by atoms with Crippen LogP contribution in [-0.2, 0) is 15.1 Å². The third kappa shape index (κ3) is 2.23. The van der Waals surface area contributed by atoms with E-state index in [1.165, 1.54) is 25.8 Å². The van der Waals surface area contributed by atoms with E-state index in [1.807, 2.05) is 0 Å². The Morgan fingerprint density at radius 3 is 1.79 bits per heavy atom. The van der Waals surface area contributed by atoms with Crippen LogP contribution in [0.15, 0.2) is 72.8 Å². The molecular weight excluding hydrogens is 411 g/mol. The number of hydrogen-bond acceptors (Lipinski definition) is 2. The first-order chi connectivity index (χ1) is 11.8. The zero-order valence-electron chi connectivity index (χ0n) is 13.3. The molecule has 0 aliphatic heterocycles. The van der Waals surface area contributed by atoms with Gasteiger partial charge in [-0.1, -0.05) is 66.7 Å². The second kappa shape index (κ2) is 6.31. The van der Waals surface area contributed by atoms with Crippen LogP contribution in [-0.4, -0.2) is 13.9 Å². The summed E-state index contributed by atoms with van der Waals surface area (Å²) < 4.78 is 12.9. The van der Waals surface area contributed by atoms with Crippen molar-refractivity contribution >= 4 is 22.6 Å². The molecule has 3 heteroatoms. The highest BCUT2D eigenvalue weighted by molar-refractivity contribution is 14.1. The molecule has 3 aromatic rings. The fraction of sp³-hybridized carbons (Fsp3) is 0.143. The number of hydrogen-bond donors (Lipinski definition) is 0. The molecule has 0 atom stereocenters. The predicted octanol–water partition coefficient (Wildman–Crippen LogP) is 5.18. The molecule has 1 aliphatic rings. The molecule has 1 aliphatic carbocycles. The molecule has 0 heterocycles. The molecule has 0 amide bonds. The lowest BCUT2D eigenvalue weighted by atomic mass is 9.84.